The van der Waals surface area contributed by atoms with E-state index < -0.39 is 0 Å². The topological polar surface area (TPSA) is 40.6 Å². The lowest BCUT2D eigenvalue weighted by Gasteiger charge is -2.35. The summed E-state index contributed by atoms with van der Waals surface area (Å²) in [6.45, 7) is 16.8. The molecule has 0 radical (unpaired) electrons. The number of nitrogens with zero attached hydrogens (tertiary/aromatic N) is 2. The Kier molecular flexibility index (Phi) is 9.71. The van der Waals surface area contributed by atoms with Crippen molar-refractivity contribution < 1.29 is 9.59 Å². The van der Waals surface area contributed by atoms with Gasteiger partial charge in [0.25, 0.3) is 11.8 Å². The molecule has 28 heavy (non-hydrogen) atoms. The molecular formula is C24H40N2O2. The van der Waals surface area contributed by atoms with Crippen LogP contribution in [-0.4, -0.2) is 45.8 Å². The number of hydrogen-bond acceptors (Lipinski definition) is 2. The minimum atomic E-state index is 0.0111. The van der Waals surface area contributed by atoms with Gasteiger partial charge in [-0.1, -0.05) is 33.8 Å². The highest BCUT2D eigenvalue weighted by molar-refractivity contribution is 6.00. The molecule has 1 rings (SSSR count). The second-order valence-corrected chi connectivity index (χ2v) is 8.03. The predicted molar refractivity (Wildman–Crippen MR) is 118 cm³/mol. The first-order valence-corrected chi connectivity index (χ1v) is 11.0. The Morgan fingerprint density at radius 3 is 1.21 bits per heavy atom. The van der Waals surface area contributed by atoms with Gasteiger partial charge in [-0.2, -0.15) is 0 Å². The van der Waals surface area contributed by atoms with Gasteiger partial charge in [-0.15, -0.1) is 0 Å². The van der Waals surface area contributed by atoms with Crippen LogP contribution < -0.4 is 0 Å². The number of carbonyl (C=O) groups excluding carboxylic acids is 2. The molecule has 0 aliphatic heterocycles. The van der Waals surface area contributed by atoms with Crippen molar-refractivity contribution >= 4 is 11.8 Å². The second-order valence-electron chi connectivity index (χ2n) is 8.03. The first-order valence-electron chi connectivity index (χ1n) is 11.0. The summed E-state index contributed by atoms with van der Waals surface area (Å²) >= 11 is 0. The average molecular weight is 389 g/mol. The average Bonchev–Trinajstić information content (AvgIpc) is 2.72. The highest BCUT2D eigenvalue weighted by Crippen LogP contribution is 2.20. The fraction of sp³-hybridized carbons (Fsp3) is 0.667. The summed E-state index contributed by atoms with van der Waals surface area (Å²) in [7, 11) is 0. The van der Waals surface area contributed by atoms with Gasteiger partial charge in [-0.25, -0.2) is 0 Å². The minimum Gasteiger partial charge on any atom is -0.333 e. The van der Waals surface area contributed by atoms with Crippen molar-refractivity contribution in [2.45, 2.75) is 105 Å². The third-order valence-corrected chi connectivity index (χ3v) is 6.09. The number of hydrogen-bond donors (Lipinski definition) is 0. The summed E-state index contributed by atoms with van der Waals surface area (Å²) in [5.41, 5.74) is 1.19. The van der Waals surface area contributed by atoms with Gasteiger partial charge in [0.05, 0.1) is 0 Å². The maximum Gasteiger partial charge on any atom is 0.254 e. The van der Waals surface area contributed by atoms with Crippen LogP contribution in [0.1, 0.15) is 102 Å². The van der Waals surface area contributed by atoms with Crippen molar-refractivity contribution in [3.05, 3.63) is 35.4 Å². The summed E-state index contributed by atoms with van der Waals surface area (Å²) in [5, 5.41) is 0. The third kappa shape index (κ3) is 5.59. The number of carbonyl (C=O) groups is 2. The van der Waals surface area contributed by atoms with Crippen LogP contribution >= 0.6 is 0 Å². The van der Waals surface area contributed by atoms with Crippen molar-refractivity contribution in [1.82, 2.24) is 9.80 Å². The van der Waals surface area contributed by atoms with Crippen molar-refractivity contribution in [2.75, 3.05) is 0 Å². The molecule has 0 spiro atoms. The van der Waals surface area contributed by atoms with Crippen molar-refractivity contribution in [3.8, 4) is 0 Å². The van der Waals surface area contributed by atoms with Crippen molar-refractivity contribution in [3.63, 3.8) is 0 Å². The monoisotopic (exact) mass is 388 g/mol. The van der Waals surface area contributed by atoms with E-state index in [1.807, 2.05) is 28.0 Å². The van der Waals surface area contributed by atoms with Crippen LogP contribution in [0.25, 0.3) is 0 Å². The van der Waals surface area contributed by atoms with Gasteiger partial charge >= 0.3 is 0 Å². The van der Waals surface area contributed by atoms with Gasteiger partial charge in [0.2, 0.25) is 0 Å². The molecule has 4 unspecified atom stereocenters. The molecule has 4 heteroatoms. The highest BCUT2D eigenvalue weighted by atomic mass is 16.2. The van der Waals surface area contributed by atoms with Gasteiger partial charge in [0.15, 0.2) is 0 Å². The quantitative estimate of drug-likeness (QED) is 0.511. The molecule has 1 aromatic rings. The molecule has 0 aromatic heterocycles. The Morgan fingerprint density at radius 1 is 0.679 bits per heavy atom. The van der Waals surface area contributed by atoms with E-state index in [-0.39, 0.29) is 36.0 Å². The van der Waals surface area contributed by atoms with E-state index >= 15 is 0 Å². The standard InChI is InChI=1S/C24H40N2O2/c1-9-17(5)25(18(6)10-2)23(27)21-14-13-15-22(16-21)24(28)26(19(7)11-3)20(8)12-4/h13-20H,9-12H2,1-8H3. The van der Waals surface area contributed by atoms with Gasteiger partial charge < -0.3 is 9.80 Å². The summed E-state index contributed by atoms with van der Waals surface area (Å²) in [4.78, 5) is 30.5. The molecule has 0 bridgehead atoms. The minimum absolute atomic E-state index is 0.0111. The zero-order valence-corrected chi connectivity index (χ0v) is 19.2. The molecule has 4 atom stereocenters. The lowest BCUT2D eigenvalue weighted by molar-refractivity contribution is 0.0597. The zero-order chi connectivity index (χ0) is 21.4. The zero-order valence-electron chi connectivity index (χ0n) is 19.2. The first kappa shape index (κ1) is 24.2. The summed E-state index contributed by atoms with van der Waals surface area (Å²) in [5.74, 6) is 0.0222. The molecule has 158 valence electrons. The van der Waals surface area contributed by atoms with Gasteiger partial charge in [0.1, 0.15) is 0 Å². The summed E-state index contributed by atoms with van der Waals surface area (Å²) < 4.78 is 0. The largest absolute Gasteiger partial charge is 0.333 e. The van der Waals surface area contributed by atoms with Crippen molar-refractivity contribution in [2.24, 2.45) is 0 Å². The van der Waals surface area contributed by atoms with Crippen LogP contribution in [0.2, 0.25) is 0 Å². The fourth-order valence-corrected chi connectivity index (χ4v) is 3.54. The summed E-state index contributed by atoms with van der Waals surface area (Å²) in [6.07, 6.45) is 3.63. The van der Waals surface area contributed by atoms with Gasteiger partial charge in [-0.3, -0.25) is 9.59 Å². The Bertz CT molecular complexity index is 572. The van der Waals surface area contributed by atoms with Crippen LogP contribution in [0.15, 0.2) is 24.3 Å². The Labute approximate surface area is 172 Å². The van der Waals surface area contributed by atoms with Crippen LogP contribution in [0.3, 0.4) is 0 Å². The van der Waals surface area contributed by atoms with E-state index in [4.69, 9.17) is 0 Å². The number of rotatable bonds is 10. The van der Waals surface area contributed by atoms with E-state index in [1.54, 1.807) is 6.07 Å². The van der Waals surface area contributed by atoms with Crippen LogP contribution in [0.5, 0.6) is 0 Å². The Balaban J connectivity index is 3.25. The third-order valence-electron chi connectivity index (χ3n) is 6.09. The fourth-order valence-electron chi connectivity index (χ4n) is 3.54. The molecule has 0 heterocycles. The molecule has 0 saturated heterocycles. The van der Waals surface area contributed by atoms with Crippen LogP contribution in [-0.2, 0) is 0 Å². The molecule has 0 aliphatic rings. The maximum atomic E-state index is 13.3. The predicted octanol–water partition coefficient (Wildman–Crippen LogP) is 5.77. The Hall–Kier alpha value is -1.84. The van der Waals surface area contributed by atoms with E-state index in [0.29, 0.717) is 11.1 Å². The molecule has 2 amide bonds. The van der Waals surface area contributed by atoms with Gasteiger partial charge in [-0.05, 0) is 71.6 Å². The number of amides is 2. The lowest BCUT2D eigenvalue weighted by Crippen LogP contribution is -2.45. The normalized spacial score (nSPS) is 15.4. The maximum absolute atomic E-state index is 13.3. The lowest BCUT2D eigenvalue weighted by atomic mass is 10.0. The molecule has 4 nitrogen and oxygen atoms in total. The smallest absolute Gasteiger partial charge is 0.254 e. The molecule has 0 N–H and O–H groups in total. The van der Waals surface area contributed by atoms with Gasteiger partial charge in [0, 0.05) is 35.3 Å². The van der Waals surface area contributed by atoms with Crippen molar-refractivity contribution in [1.29, 1.82) is 0 Å². The summed E-state index contributed by atoms with van der Waals surface area (Å²) in [6, 6.07) is 7.92. The molecule has 1 aromatic carbocycles. The van der Waals surface area contributed by atoms with E-state index in [0.717, 1.165) is 25.7 Å². The number of benzene rings is 1. The van der Waals surface area contributed by atoms with E-state index in [9.17, 15) is 9.59 Å². The second kappa shape index (κ2) is 11.2. The van der Waals surface area contributed by atoms with E-state index in [1.165, 1.54) is 0 Å². The van der Waals surface area contributed by atoms with Crippen LogP contribution in [0, 0.1) is 0 Å². The molecule has 0 aliphatic carbocycles. The Morgan fingerprint density at radius 2 is 0.964 bits per heavy atom. The molecular weight excluding hydrogens is 348 g/mol. The van der Waals surface area contributed by atoms with E-state index in [2.05, 4.69) is 55.4 Å². The first-order chi connectivity index (χ1) is 13.2. The molecule has 0 saturated carbocycles. The SMILES string of the molecule is CCC(C)N(C(=O)c1cccc(C(=O)N(C(C)CC)C(C)CC)c1)C(C)CC. The van der Waals surface area contributed by atoms with Crippen LogP contribution in [0.4, 0.5) is 0 Å². The highest BCUT2D eigenvalue weighted by Gasteiger charge is 2.27. The molecule has 0 fully saturated rings.